The number of nitrogens with one attached hydrogen (secondary N) is 1. The molecule has 0 radical (unpaired) electrons. The molecule has 4 N–H and O–H groups in total. The fourth-order valence-electron chi connectivity index (χ4n) is 3.26. The van der Waals surface area contributed by atoms with Gasteiger partial charge in [-0.15, -0.1) is 10.2 Å². The Balaban J connectivity index is 1.89. The first-order valence-corrected chi connectivity index (χ1v) is 8.76. The van der Waals surface area contributed by atoms with Crippen LogP contribution < -0.4 is 5.69 Å². The molecule has 29 heavy (non-hydrogen) atoms. The monoisotopic (exact) mass is 392 g/mol. The number of aromatic hydroxyl groups is 2. The number of aromatic carboxylic acids is 1. The van der Waals surface area contributed by atoms with Crippen molar-refractivity contribution in [2.75, 3.05) is 0 Å². The van der Waals surface area contributed by atoms with E-state index in [-0.39, 0.29) is 28.4 Å². The number of fused-ring (bicyclic) bond motifs is 2. The molecule has 0 bridgehead atoms. The molecule has 1 aromatic heterocycles. The summed E-state index contributed by atoms with van der Waals surface area (Å²) in [6.45, 7) is 2.24. The number of carboxylic acids is 1. The number of nitrogens with zero attached hydrogens (tertiary/aromatic N) is 3. The van der Waals surface area contributed by atoms with Crippen LogP contribution in [0.1, 0.15) is 17.3 Å². The molecule has 0 unspecified atom stereocenters. The van der Waals surface area contributed by atoms with Gasteiger partial charge in [0.05, 0.1) is 11.0 Å². The van der Waals surface area contributed by atoms with Crippen LogP contribution in [0.3, 0.4) is 0 Å². The number of carbonyl (C=O) groups is 1. The van der Waals surface area contributed by atoms with Crippen molar-refractivity contribution in [3.05, 3.63) is 58.5 Å². The molecule has 0 spiro atoms. The Bertz CT molecular complexity index is 1370. The highest BCUT2D eigenvalue weighted by Gasteiger charge is 2.18. The van der Waals surface area contributed by atoms with E-state index in [1.807, 2.05) is 6.92 Å². The minimum atomic E-state index is -1.30. The van der Waals surface area contributed by atoms with Crippen molar-refractivity contribution in [2.24, 2.45) is 10.2 Å². The van der Waals surface area contributed by atoms with Gasteiger partial charge < -0.3 is 20.3 Å². The zero-order valence-electron chi connectivity index (χ0n) is 15.2. The molecule has 0 aliphatic rings. The molecule has 9 nitrogen and oxygen atoms in total. The number of H-pyrrole nitrogens is 1. The summed E-state index contributed by atoms with van der Waals surface area (Å²) in [5.74, 6) is -2.03. The van der Waals surface area contributed by atoms with Gasteiger partial charge in [-0.2, -0.15) is 0 Å². The number of azo groups is 1. The molecule has 1 heterocycles. The van der Waals surface area contributed by atoms with Crippen LogP contribution in [0, 0.1) is 0 Å². The maximum Gasteiger partial charge on any atom is 0.339 e. The number of hydrogen-bond acceptors (Lipinski definition) is 6. The molecule has 0 saturated carbocycles. The topological polar surface area (TPSA) is 140 Å². The zero-order chi connectivity index (χ0) is 20.7. The number of hydrogen-bond donors (Lipinski definition) is 4. The number of aromatic nitrogens is 2. The van der Waals surface area contributed by atoms with Gasteiger partial charge in [-0.1, -0.05) is 24.3 Å². The van der Waals surface area contributed by atoms with Gasteiger partial charge in [0.25, 0.3) is 0 Å². The van der Waals surface area contributed by atoms with E-state index in [1.54, 1.807) is 24.3 Å². The highest BCUT2D eigenvalue weighted by molar-refractivity contribution is 6.04. The summed E-state index contributed by atoms with van der Waals surface area (Å²) in [5, 5.41) is 39.1. The predicted octanol–water partition coefficient (Wildman–Crippen LogP) is 4.03. The van der Waals surface area contributed by atoms with Gasteiger partial charge >= 0.3 is 11.7 Å². The maximum absolute atomic E-state index is 11.9. The highest BCUT2D eigenvalue weighted by atomic mass is 16.4. The average molecular weight is 392 g/mol. The lowest BCUT2D eigenvalue weighted by molar-refractivity contribution is 0.0694. The van der Waals surface area contributed by atoms with Crippen LogP contribution in [-0.2, 0) is 6.54 Å². The normalized spacial score (nSPS) is 11.6. The van der Waals surface area contributed by atoms with Crippen LogP contribution in [0.4, 0.5) is 11.4 Å². The van der Waals surface area contributed by atoms with Crippen LogP contribution in [-0.4, -0.2) is 30.8 Å². The van der Waals surface area contributed by atoms with Crippen molar-refractivity contribution in [1.29, 1.82) is 0 Å². The van der Waals surface area contributed by atoms with Gasteiger partial charge in [0.15, 0.2) is 5.75 Å². The van der Waals surface area contributed by atoms with Gasteiger partial charge in [0.1, 0.15) is 22.7 Å². The average Bonchev–Trinajstić information content (AvgIpc) is 3.00. The van der Waals surface area contributed by atoms with E-state index in [0.29, 0.717) is 28.4 Å². The number of phenolic OH excluding ortho intramolecular Hbond substituents is 1. The Morgan fingerprint density at radius 2 is 1.90 bits per heavy atom. The molecule has 4 rings (SSSR count). The summed E-state index contributed by atoms with van der Waals surface area (Å²) in [6.07, 6.45) is 0. The summed E-state index contributed by atoms with van der Waals surface area (Å²) in [4.78, 5) is 26.1. The number of phenols is 2. The number of benzene rings is 3. The van der Waals surface area contributed by atoms with Gasteiger partial charge in [-0.25, -0.2) is 9.59 Å². The number of imidazole rings is 1. The van der Waals surface area contributed by atoms with Crippen molar-refractivity contribution in [2.45, 2.75) is 13.5 Å². The molecule has 4 aromatic rings. The molecule has 0 fully saturated rings. The van der Waals surface area contributed by atoms with E-state index in [4.69, 9.17) is 0 Å². The fraction of sp³-hybridized carbons (Fsp3) is 0.100. The van der Waals surface area contributed by atoms with Crippen molar-refractivity contribution < 1.29 is 20.1 Å². The molecule has 0 aliphatic carbocycles. The number of aromatic amines is 1. The van der Waals surface area contributed by atoms with Crippen LogP contribution in [0.5, 0.6) is 11.5 Å². The van der Waals surface area contributed by atoms with E-state index in [0.717, 1.165) is 0 Å². The van der Waals surface area contributed by atoms with E-state index in [2.05, 4.69) is 15.2 Å². The number of carboxylic acid groups (broad SMARTS) is 1. The molecular weight excluding hydrogens is 376 g/mol. The Hall–Kier alpha value is -4.14. The Morgan fingerprint density at radius 3 is 2.62 bits per heavy atom. The molecular formula is C20H16N4O5. The summed E-state index contributed by atoms with van der Waals surface area (Å²) < 4.78 is 1.46. The van der Waals surface area contributed by atoms with Crippen molar-refractivity contribution in [3.8, 4) is 11.5 Å². The molecule has 3 aromatic carbocycles. The predicted molar refractivity (Wildman–Crippen MR) is 107 cm³/mol. The summed E-state index contributed by atoms with van der Waals surface area (Å²) >= 11 is 0. The highest BCUT2D eigenvalue weighted by Crippen LogP contribution is 2.40. The molecule has 0 aliphatic heterocycles. The third kappa shape index (κ3) is 2.98. The second kappa shape index (κ2) is 6.79. The first kappa shape index (κ1) is 18.2. The lowest BCUT2D eigenvalue weighted by atomic mass is 10.0. The van der Waals surface area contributed by atoms with Gasteiger partial charge in [-0.3, -0.25) is 4.57 Å². The van der Waals surface area contributed by atoms with E-state index < -0.39 is 11.7 Å². The minimum Gasteiger partial charge on any atom is -0.506 e. The molecule has 0 saturated heterocycles. The standard InChI is InChI=1S/C20H16N4O5/c1-2-24-15-9-16(25)14(8-13(15)21-20(24)29)22-23-17-11-6-4-3-5-10(11)7-12(18(17)26)19(27)28/h3-9,25-26H,2H2,1H3,(H,21,29)(H,27,28). The number of aryl methyl sites for hydroxylation is 1. The maximum atomic E-state index is 11.9. The second-order valence-corrected chi connectivity index (χ2v) is 6.38. The molecule has 9 heteroatoms. The summed E-state index contributed by atoms with van der Waals surface area (Å²) in [6, 6.07) is 11.1. The van der Waals surface area contributed by atoms with Gasteiger partial charge in [0, 0.05) is 18.0 Å². The van der Waals surface area contributed by atoms with Crippen molar-refractivity contribution >= 4 is 39.1 Å². The summed E-state index contributed by atoms with van der Waals surface area (Å²) in [7, 11) is 0. The molecule has 0 amide bonds. The van der Waals surface area contributed by atoms with Crippen LogP contribution >= 0.6 is 0 Å². The third-order valence-electron chi connectivity index (χ3n) is 4.67. The Labute approximate surface area is 163 Å². The molecule has 0 atom stereocenters. The second-order valence-electron chi connectivity index (χ2n) is 6.38. The quantitative estimate of drug-likeness (QED) is 0.388. The van der Waals surface area contributed by atoms with Gasteiger partial charge in [-0.05, 0) is 24.4 Å². The van der Waals surface area contributed by atoms with Gasteiger partial charge in [0.2, 0.25) is 0 Å². The van der Waals surface area contributed by atoms with E-state index in [1.165, 1.54) is 22.8 Å². The van der Waals surface area contributed by atoms with E-state index >= 15 is 0 Å². The fourth-order valence-corrected chi connectivity index (χ4v) is 3.26. The SMILES string of the molecule is CCn1c(=O)[nH]c2cc(N=Nc3c(O)c(C(=O)O)cc4ccccc34)c(O)cc21. The largest absolute Gasteiger partial charge is 0.506 e. The van der Waals surface area contributed by atoms with Crippen LogP contribution in [0.2, 0.25) is 0 Å². The lowest BCUT2D eigenvalue weighted by Gasteiger charge is -2.08. The zero-order valence-corrected chi connectivity index (χ0v) is 15.2. The Morgan fingerprint density at radius 1 is 1.14 bits per heavy atom. The molecule has 146 valence electrons. The minimum absolute atomic E-state index is 0.0281. The first-order chi connectivity index (χ1) is 13.9. The van der Waals surface area contributed by atoms with E-state index in [9.17, 15) is 24.9 Å². The van der Waals surface area contributed by atoms with Crippen LogP contribution in [0.25, 0.3) is 21.8 Å². The Kier molecular flexibility index (Phi) is 4.27. The smallest absolute Gasteiger partial charge is 0.339 e. The van der Waals surface area contributed by atoms with Crippen molar-refractivity contribution in [1.82, 2.24) is 9.55 Å². The lowest BCUT2D eigenvalue weighted by Crippen LogP contribution is -2.14. The number of rotatable bonds is 4. The first-order valence-electron chi connectivity index (χ1n) is 8.76. The van der Waals surface area contributed by atoms with Crippen molar-refractivity contribution in [3.63, 3.8) is 0 Å². The van der Waals surface area contributed by atoms with Crippen LogP contribution in [0.15, 0.2) is 57.5 Å². The summed E-state index contributed by atoms with van der Waals surface area (Å²) in [5.41, 5.74) is 0.411. The third-order valence-corrected chi connectivity index (χ3v) is 4.67.